The first-order valence-electron chi connectivity index (χ1n) is 7.76. The fourth-order valence-corrected chi connectivity index (χ4v) is 3.84. The van der Waals surface area contributed by atoms with Gasteiger partial charge < -0.3 is 10.0 Å². The lowest BCUT2D eigenvalue weighted by Crippen LogP contribution is -2.49. The summed E-state index contributed by atoms with van der Waals surface area (Å²) >= 11 is 0. The van der Waals surface area contributed by atoms with Gasteiger partial charge in [0.1, 0.15) is 0 Å². The summed E-state index contributed by atoms with van der Waals surface area (Å²) in [5, 5.41) is 9.99. The highest BCUT2D eigenvalue weighted by atomic mass is 16.3. The molecule has 0 amide bonds. The molecule has 2 nitrogen and oxygen atoms in total. The number of hydrogen-bond acceptors (Lipinski definition) is 2. The minimum atomic E-state index is -0.0718. The molecular weight excluding hydrogens is 222 g/mol. The van der Waals surface area contributed by atoms with Gasteiger partial charge in [0.05, 0.1) is 6.10 Å². The number of nitrogens with zero attached hydrogens (tertiary/aromatic N) is 1. The molecule has 0 radical (unpaired) electrons. The van der Waals surface area contributed by atoms with E-state index in [4.69, 9.17) is 0 Å². The largest absolute Gasteiger partial charge is 0.393 e. The predicted octanol–water partition coefficient (Wildman–Crippen LogP) is 3.29. The molecule has 3 atom stereocenters. The maximum Gasteiger partial charge on any atom is 0.0555 e. The van der Waals surface area contributed by atoms with E-state index in [9.17, 15) is 5.11 Å². The average molecular weight is 253 g/mol. The first-order valence-corrected chi connectivity index (χ1v) is 7.76. The molecule has 2 rings (SSSR count). The SMILES string of the molecule is CN(CC1CCC1)C1CC(O)CCC1C(C)(C)C. The molecule has 2 saturated carbocycles. The van der Waals surface area contributed by atoms with Crippen molar-refractivity contribution in [3.63, 3.8) is 0 Å². The van der Waals surface area contributed by atoms with Crippen molar-refractivity contribution in [2.24, 2.45) is 17.3 Å². The third kappa shape index (κ3) is 3.27. The lowest BCUT2D eigenvalue weighted by molar-refractivity contribution is -0.0108. The van der Waals surface area contributed by atoms with Crippen molar-refractivity contribution in [3.05, 3.63) is 0 Å². The van der Waals surface area contributed by atoms with E-state index in [1.54, 1.807) is 0 Å². The molecule has 0 saturated heterocycles. The molecule has 3 unspecified atom stereocenters. The van der Waals surface area contributed by atoms with Crippen molar-refractivity contribution in [1.29, 1.82) is 0 Å². The van der Waals surface area contributed by atoms with Crippen molar-refractivity contribution in [2.45, 2.75) is 71.4 Å². The van der Waals surface area contributed by atoms with Gasteiger partial charge in [0, 0.05) is 12.6 Å². The summed E-state index contributed by atoms with van der Waals surface area (Å²) in [4.78, 5) is 2.56. The lowest BCUT2D eigenvalue weighted by Gasteiger charge is -2.47. The number of rotatable bonds is 3. The van der Waals surface area contributed by atoms with Crippen LogP contribution >= 0.6 is 0 Å². The minimum absolute atomic E-state index is 0.0718. The van der Waals surface area contributed by atoms with Crippen molar-refractivity contribution >= 4 is 0 Å². The third-order valence-corrected chi connectivity index (χ3v) is 5.24. The first-order chi connectivity index (χ1) is 8.38. The van der Waals surface area contributed by atoms with E-state index in [0.717, 1.165) is 24.7 Å². The summed E-state index contributed by atoms with van der Waals surface area (Å²) in [7, 11) is 2.28. The van der Waals surface area contributed by atoms with Crippen molar-refractivity contribution < 1.29 is 5.11 Å². The van der Waals surface area contributed by atoms with Gasteiger partial charge in [0.25, 0.3) is 0 Å². The van der Waals surface area contributed by atoms with E-state index in [1.807, 2.05) is 0 Å². The molecule has 2 aliphatic rings. The summed E-state index contributed by atoms with van der Waals surface area (Å²) in [5.41, 5.74) is 0.360. The Hall–Kier alpha value is -0.0800. The van der Waals surface area contributed by atoms with Gasteiger partial charge in [0.2, 0.25) is 0 Å². The summed E-state index contributed by atoms with van der Waals surface area (Å²) in [5.74, 6) is 1.65. The maximum atomic E-state index is 9.99. The average Bonchev–Trinajstić information content (AvgIpc) is 2.21. The second-order valence-corrected chi connectivity index (χ2v) is 7.74. The number of aliphatic hydroxyl groups is 1. The van der Waals surface area contributed by atoms with Crippen molar-refractivity contribution in [1.82, 2.24) is 4.90 Å². The molecule has 2 fully saturated rings. The molecule has 0 spiro atoms. The van der Waals surface area contributed by atoms with Crippen LogP contribution in [0.4, 0.5) is 0 Å². The van der Waals surface area contributed by atoms with Crippen LogP contribution in [0.2, 0.25) is 0 Å². The Morgan fingerprint density at radius 2 is 1.78 bits per heavy atom. The zero-order chi connectivity index (χ0) is 13.3. The smallest absolute Gasteiger partial charge is 0.0555 e. The van der Waals surface area contributed by atoms with Crippen LogP contribution in [0.5, 0.6) is 0 Å². The number of hydrogen-bond donors (Lipinski definition) is 1. The Balaban J connectivity index is 1.99. The van der Waals surface area contributed by atoms with Crippen LogP contribution in [0.3, 0.4) is 0 Å². The molecule has 0 aliphatic heterocycles. The van der Waals surface area contributed by atoms with Gasteiger partial charge in [0.15, 0.2) is 0 Å². The van der Waals surface area contributed by atoms with Gasteiger partial charge in [-0.05, 0) is 56.4 Å². The molecule has 1 N–H and O–H groups in total. The molecule has 18 heavy (non-hydrogen) atoms. The summed E-state index contributed by atoms with van der Waals surface area (Å²) in [6.07, 6.45) is 7.34. The van der Waals surface area contributed by atoms with Crippen LogP contribution in [-0.2, 0) is 0 Å². The maximum absolute atomic E-state index is 9.99. The van der Waals surface area contributed by atoms with Crippen LogP contribution in [0, 0.1) is 17.3 Å². The lowest BCUT2D eigenvalue weighted by atomic mass is 9.68. The van der Waals surface area contributed by atoms with Gasteiger partial charge in [-0.2, -0.15) is 0 Å². The summed E-state index contributed by atoms with van der Waals surface area (Å²) in [6, 6.07) is 0.578. The van der Waals surface area contributed by atoms with Crippen LogP contribution in [0.25, 0.3) is 0 Å². The van der Waals surface area contributed by atoms with Crippen LogP contribution < -0.4 is 0 Å². The Morgan fingerprint density at radius 1 is 1.11 bits per heavy atom. The first kappa shape index (κ1) is 14.3. The van der Waals surface area contributed by atoms with E-state index in [-0.39, 0.29) is 6.10 Å². The normalized spacial score (nSPS) is 34.7. The topological polar surface area (TPSA) is 23.5 Å². The molecule has 0 heterocycles. The number of aliphatic hydroxyl groups excluding tert-OH is 1. The Bertz CT molecular complexity index is 267. The van der Waals surface area contributed by atoms with Gasteiger partial charge in [-0.1, -0.05) is 27.2 Å². The quantitative estimate of drug-likeness (QED) is 0.834. The van der Waals surface area contributed by atoms with Crippen LogP contribution in [0.15, 0.2) is 0 Å². The van der Waals surface area contributed by atoms with E-state index < -0.39 is 0 Å². The Kier molecular flexibility index (Phi) is 4.38. The van der Waals surface area contributed by atoms with Crippen LogP contribution in [-0.4, -0.2) is 35.7 Å². The standard InChI is InChI=1S/C16H31NO/c1-16(2,3)14-9-8-13(18)10-15(14)17(4)11-12-6-5-7-12/h12-15,18H,5-11H2,1-4H3. The molecule has 0 aromatic carbocycles. The van der Waals surface area contributed by atoms with E-state index in [0.29, 0.717) is 11.5 Å². The molecule has 106 valence electrons. The molecule has 2 heteroatoms. The zero-order valence-corrected chi connectivity index (χ0v) is 12.7. The second kappa shape index (κ2) is 5.50. The van der Waals surface area contributed by atoms with Crippen LogP contribution in [0.1, 0.15) is 59.3 Å². The highest BCUT2D eigenvalue weighted by Crippen LogP contribution is 2.41. The third-order valence-electron chi connectivity index (χ3n) is 5.24. The van der Waals surface area contributed by atoms with E-state index in [2.05, 4.69) is 32.7 Å². The van der Waals surface area contributed by atoms with Gasteiger partial charge in [-0.15, -0.1) is 0 Å². The molecular formula is C16H31NO. The molecule has 0 bridgehead atoms. The fourth-order valence-electron chi connectivity index (χ4n) is 3.84. The molecule has 0 aromatic heterocycles. The van der Waals surface area contributed by atoms with Crippen molar-refractivity contribution in [3.8, 4) is 0 Å². The highest BCUT2D eigenvalue weighted by molar-refractivity contribution is 4.92. The monoisotopic (exact) mass is 253 g/mol. The fraction of sp³-hybridized carbons (Fsp3) is 1.00. The van der Waals surface area contributed by atoms with E-state index in [1.165, 1.54) is 32.2 Å². The molecule has 2 aliphatic carbocycles. The van der Waals surface area contributed by atoms with E-state index >= 15 is 0 Å². The molecule has 0 aromatic rings. The highest BCUT2D eigenvalue weighted by Gasteiger charge is 2.39. The Morgan fingerprint density at radius 3 is 2.28 bits per heavy atom. The summed E-state index contributed by atoms with van der Waals surface area (Å²) in [6.45, 7) is 8.32. The Labute approximate surface area is 113 Å². The second-order valence-electron chi connectivity index (χ2n) is 7.74. The van der Waals surface area contributed by atoms with Crippen molar-refractivity contribution in [2.75, 3.05) is 13.6 Å². The van der Waals surface area contributed by atoms with Gasteiger partial charge >= 0.3 is 0 Å². The predicted molar refractivity (Wildman–Crippen MR) is 76.6 cm³/mol. The minimum Gasteiger partial charge on any atom is -0.393 e. The van der Waals surface area contributed by atoms with Gasteiger partial charge in [-0.3, -0.25) is 0 Å². The van der Waals surface area contributed by atoms with Gasteiger partial charge in [-0.25, -0.2) is 0 Å². The summed E-state index contributed by atoms with van der Waals surface area (Å²) < 4.78 is 0. The zero-order valence-electron chi connectivity index (χ0n) is 12.7.